The number of nitrogens with one attached hydrogen (secondary N) is 1. The summed E-state index contributed by atoms with van der Waals surface area (Å²) in [5, 5.41) is 3.61. The predicted octanol–water partition coefficient (Wildman–Crippen LogP) is 2.14. The molecule has 0 atom stereocenters. The molecule has 0 saturated carbocycles. The first-order valence-electron chi connectivity index (χ1n) is 6.72. The molecule has 1 aliphatic rings. The minimum absolute atomic E-state index is 0.380. The van der Waals surface area contributed by atoms with Crippen LogP contribution in [0.5, 0.6) is 0 Å². The van der Waals surface area contributed by atoms with Crippen LogP contribution in [0.4, 0.5) is 19.0 Å². The topological polar surface area (TPSA) is 31.4 Å². The lowest BCUT2D eigenvalue weighted by Gasteiger charge is -2.35. The molecule has 1 aromatic rings. The second-order valence-corrected chi connectivity index (χ2v) is 5.45. The van der Waals surface area contributed by atoms with E-state index >= 15 is 0 Å². The van der Waals surface area contributed by atoms with Crippen LogP contribution in [0, 0.1) is 0 Å². The van der Waals surface area contributed by atoms with Crippen molar-refractivity contribution < 1.29 is 13.2 Å². The van der Waals surface area contributed by atoms with Gasteiger partial charge in [0.25, 0.3) is 0 Å². The summed E-state index contributed by atoms with van der Waals surface area (Å²) in [4.78, 5) is 7.68. The highest BCUT2D eigenvalue weighted by molar-refractivity contribution is 6.31. The fourth-order valence-electron chi connectivity index (χ4n) is 2.36. The maximum atomic E-state index is 12.4. The molecule has 2 heterocycles. The van der Waals surface area contributed by atoms with Crippen molar-refractivity contribution in [1.82, 2.24) is 15.2 Å². The maximum absolute atomic E-state index is 12.4. The number of aromatic nitrogens is 1. The van der Waals surface area contributed by atoms with E-state index in [4.69, 9.17) is 11.6 Å². The first-order valence-corrected chi connectivity index (χ1v) is 7.10. The Hall–Kier alpha value is -1.05. The van der Waals surface area contributed by atoms with E-state index in [9.17, 15) is 13.2 Å². The summed E-state index contributed by atoms with van der Waals surface area (Å²) < 4.78 is 37.1. The molecule has 0 aromatic carbocycles. The van der Waals surface area contributed by atoms with Gasteiger partial charge in [0, 0.05) is 38.9 Å². The Balaban J connectivity index is 1.97. The number of alkyl halides is 3. The van der Waals surface area contributed by atoms with E-state index in [0.717, 1.165) is 11.4 Å². The number of piperazine rings is 1. The molecule has 4 nitrogen and oxygen atoms in total. The van der Waals surface area contributed by atoms with Gasteiger partial charge in [0.15, 0.2) is 0 Å². The molecule has 0 aliphatic carbocycles. The van der Waals surface area contributed by atoms with Gasteiger partial charge < -0.3 is 10.2 Å². The Labute approximate surface area is 126 Å². The number of rotatable bonds is 4. The van der Waals surface area contributed by atoms with Crippen LogP contribution in [0.2, 0.25) is 5.02 Å². The van der Waals surface area contributed by atoms with Gasteiger partial charge in [-0.2, -0.15) is 13.2 Å². The summed E-state index contributed by atoms with van der Waals surface area (Å²) >= 11 is 6.06. The second kappa shape index (κ2) is 6.81. The summed E-state index contributed by atoms with van der Waals surface area (Å²) in [6.07, 6.45) is -2.55. The molecule has 0 radical (unpaired) electrons. The molecule has 0 amide bonds. The van der Waals surface area contributed by atoms with Crippen LogP contribution in [0.3, 0.4) is 0 Å². The van der Waals surface area contributed by atoms with Crippen molar-refractivity contribution in [3.8, 4) is 0 Å². The number of hydrogen-bond donors (Lipinski definition) is 1. The molecule has 8 heteroatoms. The summed E-state index contributed by atoms with van der Waals surface area (Å²) in [6, 6.07) is 1.89. The monoisotopic (exact) mass is 322 g/mol. The van der Waals surface area contributed by atoms with Crippen LogP contribution in [-0.2, 0) is 6.54 Å². The summed E-state index contributed by atoms with van der Waals surface area (Å²) in [6.45, 7) is 1.60. The lowest BCUT2D eigenvalue weighted by molar-refractivity contribution is -0.146. The van der Waals surface area contributed by atoms with E-state index in [1.54, 1.807) is 6.20 Å². The van der Waals surface area contributed by atoms with Crippen LogP contribution in [0.15, 0.2) is 12.3 Å². The average Bonchev–Trinajstić information content (AvgIpc) is 2.41. The zero-order valence-electron chi connectivity index (χ0n) is 11.8. The Morgan fingerprint density at radius 2 is 1.95 bits per heavy atom. The van der Waals surface area contributed by atoms with Gasteiger partial charge in [-0.05, 0) is 18.7 Å². The smallest absolute Gasteiger partial charge is 0.354 e. The van der Waals surface area contributed by atoms with Crippen LogP contribution >= 0.6 is 11.6 Å². The SMILES string of the molecule is CNCc1cc(N2CCN(CC(F)(F)F)CC2)ncc1Cl. The molecule has 2 rings (SSSR count). The molecule has 0 bridgehead atoms. The molecule has 1 aliphatic heterocycles. The van der Waals surface area contributed by atoms with Crippen LogP contribution in [0.1, 0.15) is 5.56 Å². The minimum atomic E-state index is -4.14. The second-order valence-electron chi connectivity index (χ2n) is 5.04. The highest BCUT2D eigenvalue weighted by atomic mass is 35.5. The molecule has 1 aromatic heterocycles. The third-order valence-electron chi connectivity index (χ3n) is 3.39. The van der Waals surface area contributed by atoms with Crippen molar-refractivity contribution in [2.45, 2.75) is 12.7 Å². The minimum Gasteiger partial charge on any atom is -0.354 e. The van der Waals surface area contributed by atoms with Gasteiger partial charge >= 0.3 is 6.18 Å². The molecular formula is C13H18ClF3N4. The van der Waals surface area contributed by atoms with Crippen molar-refractivity contribution in [2.75, 3.05) is 44.7 Å². The Morgan fingerprint density at radius 3 is 2.52 bits per heavy atom. The lowest BCUT2D eigenvalue weighted by Crippen LogP contribution is -2.49. The largest absolute Gasteiger partial charge is 0.401 e. The highest BCUT2D eigenvalue weighted by Crippen LogP contribution is 2.22. The molecule has 0 spiro atoms. The van der Waals surface area contributed by atoms with Gasteiger partial charge in [-0.25, -0.2) is 4.98 Å². The molecule has 1 N–H and O–H groups in total. The molecule has 0 unspecified atom stereocenters. The van der Waals surface area contributed by atoms with Gasteiger partial charge in [0.2, 0.25) is 0 Å². The van der Waals surface area contributed by atoms with Crippen LogP contribution in [-0.4, -0.2) is 55.8 Å². The van der Waals surface area contributed by atoms with Crippen molar-refractivity contribution in [2.24, 2.45) is 0 Å². The normalized spacial score (nSPS) is 17.3. The summed E-state index contributed by atoms with van der Waals surface area (Å²) in [5.41, 5.74) is 0.932. The van der Waals surface area contributed by atoms with E-state index in [2.05, 4.69) is 10.3 Å². The number of pyridine rings is 1. The van der Waals surface area contributed by atoms with Gasteiger partial charge in [-0.15, -0.1) is 0 Å². The van der Waals surface area contributed by atoms with E-state index in [1.165, 1.54) is 4.90 Å². The fraction of sp³-hybridized carbons (Fsp3) is 0.615. The number of anilines is 1. The number of halogens is 4. The van der Waals surface area contributed by atoms with Gasteiger partial charge in [-0.3, -0.25) is 4.90 Å². The van der Waals surface area contributed by atoms with Gasteiger partial charge in [0.05, 0.1) is 11.6 Å². The van der Waals surface area contributed by atoms with E-state index in [0.29, 0.717) is 37.7 Å². The first kappa shape index (κ1) is 16.3. The Bertz CT molecular complexity index is 473. The molecule has 21 heavy (non-hydrogen) atoms. The zero-order chi connectivity index (χ0) is 15.5. The predicted molar refractivity (Wildman–Crippen MR) is 76.7 cm³/mol. The van der Waals surface area contributed by atoms with E-state index in [-0.39, 0.29) is 0 Å². The standard InChI is InChI=1S/C13H18ClF3N4/c1-18-7-10-6-12(19-8-11(10)14)21-4-2-20(3-5-21)9-13(15,16)17/h6,8,18H,2-5,7,9H2,1H3. The molecule has 1 saturated heterocycles. The van der Waals surface area contributed by atoms with Crippen molar-refractivity contribution in [1.29, 1.82) is 0 Å². The molecule has 1 fully saturated rings. The third kappa shape index (κ3) is 4.72. The van der Waals surface area contributed by atoms with Gasteiger partial charge in [0.1, 0.15) is 5.82 Å². The Morgan fingerprint density at radius 1 is 1.29 bits per heavy atom. The van der Waals surface area contributed by atoms with Crippen LogP contribution < -0.4 is 10.2 Å². The van der Waals surface area contributed by atoms with Crippen molar-refractivity contribution in [3.63, 3.8) is 0 Å². The summed E-state index contributed by atoms with van der Waals surface area (Å²) in [5.74, 6) is 0.760. The molecule has 118 valence electrons. The van der Waals surface area contributed by atoms with E-state index < -0.39 is 12.7 Å². The van der Waals surface area contributed by atoms with Crippen molar-refractivity contribution >= 4 is 17.4 Å². The quantitative estimate of drug-likeness (QED) is 0.920. The van der Waals surface area contributed by atoms with Gasteiger partial charge in [-0.1, -0.05) is 11.6 Å². The number of hydrogen-bond acceptors (Lipinski definition) is 4. The highest BCUT2D eigenvalue weighted by Gasteiger charge is 2.32. The average molecular weight is 323 g/mol. The maximum Gasteiger partial charge on any atom is 0.401 e. The fourth-order valence-corrected chi connectivity index (χ4v) is 2.53. The first-order chi connectivity index (χ1) is 9.89. The number of nitrogens with zero attached hydrogens (tertiary/aromatic N) is 3. The van der Waals surface area contributed by atoms with Crippen LogP contribution in [0.25, 0.3) is 0 Å². The van der Waals surface area contributed by atoms with Crippen molar-refractivity contribution in [3.05, 3.63) is 22.8 Å². The molecular weight excluding hydrogens is 305 g/mol. The third-order valence-corrected chi connectivity index (χ3v) is 3.73. The summed E-state index contributed by atoms with van der Waals surface area (Å²) in [7, 11) is 1.83. The zero-order valence-corrected chi connectivity index (χ0v) is 12.5. The Kier molecular flexibility index (Phi) is 5.29. The lowest BCUT2D eigenvalue weighted by atomic mass is 10.2. The van der Waals surface area contributed by atoms with E-state index in [1.807, 2.05) is 18.0 Å².